The van der Waals surface area contributed by atoms with Gasteiger partial charge >= 0.3 is 5.97 Å². The first-order valence-corrected chi connectivity index (χ1v) is 12.2. The number of rotatable bonds is 4. The summed E-state index contributed by atoms with van der Waals surface area (Å²) in [4.78, 5) is 23.2. The minimum atomic E-state index is -3.25. The molecule has 1 heterocycles. The quantitative estimate of drug-likeness (QED) is 0.550. The van der Waals surface area contributed by atoms with E-state index in [1.807, 2.05) is 13.8 Å². The van der Waals surface area contributed by atoms with Gasteiger partial charge in [0.15, 0.2) is 9.84 Å². The molecule has 0 spiro atoms. The van der Waals surface area contributed by atoms with Gasteiger partial charge in [0.05, 0.1) is 16.9 Å². The second kappa shape index (κ2) is 12.7. The SMILES string of the molecule is C#C.CC(C)OC(=O)C1CCCCC1.CS(=O)(=O)c1ccc(-n2ccc(O)cc2=O)cc1. The van der Waals surface area contributed by atoms with Crippen LogP contribution in [0, 0.1) is 18.8 Å². The third-order valence-electron chi connectivity index (χ3n) is 4.74. The zero-order chi connectivity index (χ0) is 24.3. The molecule has 2 aromatic rings. The van der Waals surface area contributed by atoms with Gasteiger partial charge in [0, 0.05) is 24.2 Å². The van der Waals surface area contributed by atoms with Gasteiger partial charge in [-0.3, -0.25) is 14.2 Å². The predicted octanol–water partition coefficient (Wildman–Crippen LogP) is 3.71. The molecular weight excluding hydrogens is 430 g/mol. The summed E-state index contributed by atoms with van der Waals surface area (Å²) >= 11 is 0. The van der Waals surface area contributed by atoms with E-state index < -0.39 is 9.84 Å². The highest BCUT2D eigenvalue weighted by atomic mass is 32.2. The second-order valence-corrected chi connectivity index (χ2v) is 9.70. The van der Waals surface area contributed by atoms with Crippen LogP contribution in [0.1, 0.15) is 46.0 Å². The summed E-state index contributed by atoms with van der Waals surface area (Å²) < 4.78 is 29.0. The van der Waals surface area contributed by atoms with Crippen molar-refractivity contribution in [2.24, 2.45) is 5.92 Å². The van der Waals surface area contributed by atoms with E-state index in [1.54, 1.807) is 0 Å². The maximum Gasteiger partial charge on any atom is 0.309 e. The molecule has 1 aliphatic carbocycles. The maximum atomic E-state index is 11.6. The Hall–Kier alpha value is -3.05. The first-order valence-electron chi connectivity index (χ1n) is 10.3. The van der Waals surface area contributed by atoms with Crippen LogP contribution in [-0.4, -0.2) is 36.4 Å². The van der Waals surface area contributed by atoms with Gasteiger partial charge < -0.3 is 9.84 Å². The van der Waals surface area contributed by atoms with Crippen molar-refractivity contribution in [3.05, 3.63) is 52.9 Å². The molecule has 174 valence electrons. The van der Waals surface area contributed by atoms with Crippen LogP contribution in [0.5, 0.6) is 5.75 Å². The second-order valence-electron chi connectivity index (χ2n) is 7.68. The normalized spacial score (nSPS) is 13.8. The van der Waals surface area contributed by atoms with Crippen LogP contribution in [0.25, 0.3) is 5.69 Å². The minimum Gasteiger partial charge on any atom is -0.508 e. The molecule has 0 atom stereocenters. The number of benzene rings is 1. The number of aromatic hydroxyl groups is 1. The topological polar surface area (TPSA) is 103 Å². The van der Waals surface area contributed by atoms with Crippen LogP contribution in [0.4, 0.5) is 0 Å². The fraction of sp³-hybridized carbons (Fsp3) is 0.417. The number of esters is 1. The molecule has 0 bridgehead atoms. The van der Waals surface area contributed by atoms with Gasteiger partial charge in [-0.2, -0.15) is 0 Å². The molecule has 0 radical (unpaired) electrons. The Labute approximate surface area is 190 Å². The van der Waals surface area contributed by atoms with E-state index in [4.69, 9.17) is 9.84 Å². The number of carbonyl (C=O) groups is 1. The van der Waals surface area contributed by atoms with Crippen LogP contribution >= 0.6 is 0 Å². The summed E-state index contributed by atoms with van der Waals surface area (Å²) in [6, 6.07) is 8.41. The number of hydrogen-bond acceptors (Lipinski definition) is 6. The molecular formula is C24H31NO6S. The molecule has 1 aliphatic rings. The Bertz CT molecular complexity index is 1050. The highest BCUT2D eigenvalue weighted by Crippen LogP contribution is 2.24. The van der Waals surface area contributed by atoms with E-state index in [0.717, 1.165) is 25.2 Å². The average Bonchev–Trinajstić information content (AvgIpc) is 2.75. The first-order chi connectivity index (χ1) is 15.1. The third kappa shape index (κ3) is 8.60. The van der Waals surface area contributed by atoms with Crippen LogP contribution in [0.15, 0.2) is 52.3 Å². The molecule has 1 aromatic heterocycles. The molecule has 1 N–H and O–H groups in total. The molecule has 0 amide bonds. The third-order valence-corrected chi connectivity index (χ3v) is 5.87. The van der Waals surface area contributed by atoms with Crippen molar-refractivity contribution in [1.82, 2.24) is 4.57 Å². The van der Waals surface area contributed by atoms with E-state index in [0.29, 0.717) is 5.69 Å². The number of sulfone groups is 1. The summed E-state index contributed by atoms with van der Waals surface area (Å²) in [5.74, 6) is 0.106. The summed E-state index contributed by atoms with van der Waals surface area (Å²) in [6.45, 7) is 3.81. The Morgan fingerprint density at radius 2 is 1.66 bits per heavy atom. The summed E-state index contributed by atoms with van der Waals surface area (Å²) in [7, 11) is -3.25. The van der Waals surface area contributed by atoms with E-state index >= 15 is 0 Å². The largest absolute Gasteiger partial charge is 0.508 e. The van der Waals surface area contributed by atoms with Crippen molar-refractivity contribution in [3.8, 4) is 24.3 Å². The molecule has 0 aliphatic heterocycles. The van der Waals surface area contributed by atoms with E-state index in [1.165, 1.54) is 60.4 Å². The fourth-order valence-electron chi connectivity index (χ4n) is 3.20. The molecule has 7 nitrogen and oxygen atoms in total. The van der Waals surface area contributed by atoms with E-state index in [9.17, 15) is 18.0 Å². The van der Waals surface area contributed by atoms with Gasteiger partial charge in [-0.15, -0.1) is 12.8 Å². The predicted molar refractivity (Wildman–Crippen MR) is 125 cm³/mol. The van der Waals surface area contributed by atoms with Gasteiger partial charge in [-0.05, 0) is 57.0 Å². The van der Waals surface area contributed by atoms with Crippen molar-refractivity contribution in [3.63, 3.8) is 0 Å². The van der Waals surface area contributed by atoms with Crippen LogP contribution in [0.2, 0.25) is 0 Å². The smallest absolute Gasteiger partial charge is 0.309 e. The summed E-state index contributed by atoms with van der Waals surface area (Å²) in [6.07, 6.45) is 16.3. The molecule has 0 unspecified atom stereocenters. The summed E-state index contributed by atoms with van der Waals surface area (Å²) in [5.41, 5.74) is 0.148. The van der Waals surface area contributed by atoms with E-state index in [2.05, 4.69) is 12.8 Å². The molecule has 1 aromatic carbocycles. The number of aromatic nitrogens is 1. The molecule has 1 saturated carbocycles. The lowest BCUT2D eigenvalue weighted by Crippen LogP contribution is -2.23. The number of ether oxygens (including phenoxy) is 1. The van der Waals surface area contributed by atoms with Crippen molar-refractivity contribution < 1.29 is 23.1 Å². The van der Waals surface area contributed by atoms with E-state index in [-0.39, 0.29) is 34.2 Å². The summed E-state index contributed by atoms with van der Waals surface area (Å²) in [5, 5.41) is 9.14. The molecule has 8 heteroatoms. The number of hydrogen-bond donors (Lipinski definition) is 1. The number of carbonyl (C=O) groups excluding carboxylic acids is 1. The van der Waals surface area contributed by atoms with Crippen molar-refractivity contribution in [1.29, 1.82) is 0 Å². The average molecular weight is 462 g/mol. The number of terminal acetylenes is 1. The number of pyridine rings is 1. The van der Waals surface area contributed by atoms with Gasteiger partial charge in [-0.25, -0.2) is 8.42 Å². The lowest BCUT2D eigenvalue weighted by molar-refractivity contribution is -0.153. The molecule has 0 saturated heterocycles. The van der Waals surface area contributed by atoms with Crippen LogP contribution in [0.3, 0.4) is 0 Å². The Morgan fingerprint density at radius 3 is 2.12 bits per heavy atom. The monoisotopic (exact) mass is 461 g/mol. The Morgan fingerprint density at radius 1 is 1.09 bits per heavy atom. The number of nitrogens with zero attached hydrogens (tertiary/aromatic N) is 1. The highest BCUT2D eigenvalue weighted by molar-refractivity contribution is 7.90. The lowest BCUT2D eigenvalue weighted by Gasteiger charge is -2.20. The van der Waals surface area contributed by atoms with Gasteiger partial charge in [0.25, 0.3) is 5.56 Å². The minimum absolute atomic E-state index is 0.0182. The Kier molecular flexibility index (Phi) is 10.7. The van der Waals surface area contributed by atoms with Crippen molar-refractivity contribution >= 4 is 15.8 Å². The van der Waals surface area contributed by atoms with Gasteiger partial charge in [0.2, 0.25) is 0 Å². The molecule has 32 heavy (non-hydrogen) atoms. The Balaban J connectivity index is 0.000000318. The highest BCUT2D eigenvalue weighted by Gasteiger charge is 2.22. The lowest BCUT2D eigenvalue weighted by atomic mass is 9.89. The molecule has 3 rings (SSSR count). The van der Waals surface area contributed by atoms with Gasteiger partial charge in [-0.1, -0.05) is 19.3 Å². The first kappa shape index (κ1) is 27.0. The fourth-order valence-corrected chi connectivity index (χ4v) is 3.83. The zero-order valence-corrected chi connectivity index (χ0v) is 19.5. The maximum absolute atomic E-state index is 11.6. The van der Waals surface area contributed by atoms with Gasteiger partial charge in [0.1, 0.15) is 5.75 Å². The van der Waals surface area contributed by atoms with Crippen LogP contribution < -0.4 is 5.56 Å². The van der Waals surface area contributed by atoms with Crippen molar-refractivity contribution in [2.45, 2.75) is 57.0 Å². The standard InChI is InChI=1S/C12H11NO4S.C10H18O2.C2H2/c1-18(16,17)11-4-2-9(3-5-11)13-7-6-10(14)8-12(13)15;1-8(2)12-10(11)9-6-4-3-5-7-9;1-2/h2-8,14H,1H3;8-9H,3-7H2,1-2H3;1-2H. The van der Waals surface area contributed by atoms with Crippen LogP contribution in [-0.2, 0) is 19.4 Å². The zero-order valence-electron chi connectivity index (χ0n) is 18.7. The molecule has 1 fully saturated rings. The van der Waals surface area contributed by atoms with Crippen molar-refractivity contribution in [2.75, 3.05) is 6.26 Å².